The first-order valence-corrected chi connectivity index (χ1v) is 5.73. The minimum Gasteiger partial charge on any atom is -0.469 e. The van der Waals surface area contributed by atoms with Gasteiger partial charge in [-0.2, -0.15) is 0 Å². The van der Waals surface area contributed by atoms with Crippen molar-refractivity contribution in [3.8, 4) is 0 Å². The molecule has 0 unspecified atom stereocenters. The molecule has 1 saturated carbocycles. The molecule has 2 N–H and O–H groups in total. The zero-order valence-corrected chi connectivity index (χ0v) is 10.5. The quantitative estimate of drug-likeness (QED) is 0.488. The van der Waals surface area contributed by atoms with E-state index in [1.165, 1.54) is 14.2 Å². The molecule has 2 fully saturated rings. The van der Waals surface area contributed by atoms with Crippen LogP contribution in [0.3, 0.4) is 0 Å². The van der Waals surface area contributed by atoms with Crippen molar-refractivity contribution in [1.29, 1.82) is 0 Å². The van der Waals surface area contributed by atoms with Crippen LogP contribution in [0.25, 0.3) is 0 Å². The van der Waals surface area contributed by atoms with Crippen molar-refractivity contribution < 1.29 is 28.7 Å². The Morgan fingerprint density at radius 2 is 1.58 bits per heavy atom. The summed E-state index contributed by atoms with van der Waals surface area (Å²) < 4.78 is 9.27. The van der Waals surface area contributed by atoms with Crippen LogP contribution in [0.4, 0.5) is 4.79 Å². The molecule has 0 aromatic heterocycles. The second-order valence-electron chi connectivity index (χ2n) is 4.66. The highest BCUT2D eigenvalue weighted by Gasteiger charge is 2.59. The van der Waals surface area contributed by atoms with Gasteiger partial charge in [-0.25, -0.2) is 4.79 Å². The number of methoxy groups -OCH3 is 2. The van der Waals surface area contributed by atoms with E-state index in [1.54, 1.807) is 0 Å². The summed E-state index contributed by atoms with van der Waals surface area (Å²) in [6, 6.07) is -0.626. The van der Waals surface area contributed by atoms with Crippen LogP contribution in [0.2, 0.25) is 0 Å². The van der Waals surface area contributed by atoms with E-state index in [0.29, 0.717) is 0 Å². The number of urea groups is 1. The maximum absolute atomic E-state index is 11.8. The Balaban J connectivity index is 2.29. The SMILES string of the molecule is COC(=O)[C@@H]1CC2(C[C@H]1C(=O)OC)NC(=O)NC2=O. The van der Waals surface area contributed by atoms with Gasteiger partial charge in [0.2, 0.25) is 0 Å². The normalized spacial score (nSPS) is 27.9. The molecular weight excluding hydrogens is 256 g/mol. The van der Waals surface area contributed by atoms with Gasteiger partial charge in [-0.1, -0.05) is 0 Å². The number of ether oxygens (including phenoxy) is 2. The summed E-state index contributed by atoms with van der Waals surface area (Å²) in [7, 11) is 2.41. The first-order valence-electron chi connectivity index (χ1n) is 5.73. The molecular formula is C11H14N2O6. The van der Waals surface area contributed by atoms with Gasteiger partial charge in [-0.15, -0.1) is 0 Å². The first kappa shape index (κ1) is 13.3. The molecule has 1 saturated heterocycles. The summed E-state index contributed by atoms with van der Waals surface area (Å²) in [5, 5.41) is 4.59. The Morgan fingerprint density at radius 3 is 1.89 bits per heavy atom. The fourth-order valence-electron chi connectivity index (χ4n) is 2.73. The average Bonchev–Trinajstić information content (AvgIpc) is 2.89. The standard InChI is InChI=1S/C11H14N2O6/c1-18-7(14)5-3-11(4-6(5)8(15)19-2)9(16)12-10(17)13-11/h5-6H,3-4H2,1-2H3,(H2,12,13,16,17)/t5-,6-/m1/s1. The molecule has 2 rings (SSSR count). The molecule has 8 heteroatoms. The van der Waals surface area contributed by atoms with E-state index >= 15 is 0 Å². The van der Waals surface area contributed by atoms with Gasteiger partial charge >= 0.3 is 18.0 Å². The molecule has 1 aliphatic heterocycles. The first-order chi connectivity index (χ1) is 8.93. The van der Waals surface area contributed by atoms with E-state index in [9.17, 15) is 19.2 Å². The number of hydrogen-bond acceptors (Lipinski definition) is 6. The lowest BCUT2D eigenvalue weighted by molar-refractivity contribution is -0.156. The van der Waals surface area contributed by atoms with E-state index < -0.39 is 41.3 Å². The topological polar surface area (TPSA) is 111 Å². The Kier molecular flexibility index (Phi) is 3.17. The monoisotopic (exact) mass is 270 g/mol. The molecule has 0 bridgehead atoms. The molecule has 8 nitrogen and oxygen atoms in total. The fourth-order valence-corrected chi connectivity index (χ4v) is 2.73. The smallest absolute Gasteiger partial charge is 0.322 e. The molecule has 1 heterocycles. The number of rotatable bonds is 2. The molecule has 0 aromatic carbocycles. The number of carbonyl (C=O) groups is 4. The van der Waals surface area contributed by atoms with Crippen LogP contribution in [-0.2, 0) is 23.9 Å². The van der Waals surface area contributed by atoms with Crippen LogP contribution in [0.1, 0.15) is 12.8 Å². The Morgan fingerprint density at radius 1 is 1.11 bits per heavy atom. The van der Waals surface area contributed by atoms with Gasteiger partial charge in [0.1, 0.15) is 5.54 Å². The third-order valence-corrected chi connectivity index (χ3v) is 3.64. The van der Waals surface area contributed by atoms with Gasteiger partial charge < -0.3 is 14.8 Å². The molecule has 1 aliphatic carbocycles. The number of carbonyl (C=O) groups excluding carboxylic acids is 4. The van der Waals surface area contributed by atoms with E-state index in [-0.39, 0.29) is 12.8 Å². The molecule has 1 spiro atoms. The summed E-state index contributed by atoms with van der Waals surface area (Å²) in [4.78, 5) is 46.5. The zero-order valence-electron chi connectivity index (χ0n) is 10.5. The fraction of sp³-hybridized carbons (Fsp3) is 0.636. The molecule has 0 radical (unpaired) electrons. The van der Waals surface area contributed by atoms with Gasteiger partial charge in [-0.05, 0) is 12.8 Å². The molecule has 104 valence electrons. The number of esters is 2. The van der Waals surface area contributed by atoms with Gasteiger partial charge in [-0.3, -0.25) is 19.7 Å². The number of imide groups is 1. The summed E-state index contributed by atoms with van der Waals surface area (Å²) in [6.07, 6.45) is 0.0496. The number of amides is 3. The van der Waals surface area contributed by atoms with Gasteiger partial charge in [0, 0.05) is 0 Å². The van der Waals surface area contributed by atoms with Crippen molar-refractivity contribution in [2.45, 2.75) is 18.4 Å². The molecule has 3 amide bonds. The second-order valence-corrected chi connectivity index (χ2v) is 4.66. The molecule has 2 atom stereocenters. The van der Waals surface area contributed by atoms with E-state index in [2.05, 4.69) is 20.1 Å². The average molecular weight is 270 g/mol. The van der Waals surface area contributed by atoms with Crippen LogP contribution < -0.4 is 10.6 Å². The van der Waals surface area contributed by atoms with E-state index in [4.69, 9.17) is 0 Å². The molecule has 19 heavy (non-hydrogen) atoms. The summed E-state index contributed by atoms with van der Waals surface area (Å²) in [5.41, 5.74) is -1.23. The zero-order chi connectivity index (χ0) is 14.2. The van der Waals surface area contributed by atoms with Crippen molar-refractivity contribution in [1.82, 2.24) is 10.6 Å². The third kappa shape index (κ3) is 2.02. The number of hydrogen-bond donors (Lipinski definition) is 2. The molecule has 2 aliphatic rings. The number of nitrogens with one attached hydrogen (secondary N) is 2. The van der Waals surface area contributed by atoms with Crippen molar-refractivity contribution in [3.05, 3.63) is 0 Å². The van der Waals surface area contributed by atoms with Gasteiger partial charge in [0.25, 0.3) is 5.91 Å². The predicted molar refractivity (Wildman–Crippen MR) is 59.7 cm³/mol. The predicted octanol–water partition coefficient (Wildman–Crippen LogP) is -1.06. The largest absolute Gasteiger partial charge is 0.469 e. The summed E-state index contributed by atoms with van der Waals surface area (Å²) in [6.45, 7) is 0. The highest BCUT2D eigenvalue weighted by molar-refractivity contribution is 6.08. The highest BCUT2D eigenvalue weighted by atomic mass is 16.5. The van der Waals surface area contributed by atoms with Crippen LogP contribution in [0.15, 0.2) is 0 Å². The van der Waals surface area contributed by atoms with E-state index in [0.717, 1.165) is 0 Å². The van der Waals surface area contributed by atoms with Gasteiger partial charge in [0.05, 0.1) is 26.1 Å². The van der Waals surface area contributed by atoms with E-state index in [1.807, 2.05) is 0 Å². The maximum Gasteiger partial charge on any atom is 0.322 e. The lowest BCUT2D eigenvalue weighted by atomic mass is 9.96. The van der Waals surface area contributed by atoms with Crippen LogP contribution in [0, 0.1) is 11.8 Å². The minimum atomic E-state index is -1.23. The van der Waals surface area contributed by atoms with Gasteiger partial charge in [0.15, 0.2) is 0 Å². The van der Waals surface area contributed by atoms with Crippen LogP contribution in [-0.4, -0.2) is 43.6 Å². The highest BCUT2D eigenvalue weighted by Crippen LogP contribution is 2.42. The van der Waals surface area contributed by atoms with Crippen molar-refractivity contribution in [2.24, 2.45) is 11.8 Å². The molecule has 0 aromatic rings. The van der Waals surface area contributed by atoms with Crippen LogP contribution >= 0.6 is 0 Å². The second kappa shape index (κ2) is 4.52. The van der Waals surface area contributed by atoms with Crippen molar-refractivity contribution >= 4 is 23.9 Å². The maximum atomic E-state index is 11.8. The van der Waals surface area contributed by atoms with Crippen molar-refractivity contribution in [2.75, 3.05) is 14.2 Å². The Bertz CT molecular complexity index is 436. The summed E-state index contributed by atoms with van der Waals surface area (Å²) in [5.74, 6) is -3.33. The Labute approximate surface area is 108 Å². The third-order valence-electron chi connectivity index (χ3n) is 3.64. The lowest BCUT2D eigenvalue weighted by Gasteiger charge is -2.18. The van der Waals surface area contributed by atoms with Crippen LogP contribution in [0.5, 0.6) is 0 Å². The Hall–Kier alpha value is -2.12. The summed E-state index contributed by atoms with van der Waals surface area (Å²) >= 11 is 0. The minimum absolute atomic E-state index is 0.0248. The lowest BCUT2D eigenvalue weighted by Crippen LogP contribution is -2.45. The van der Waals surface area contributed by atoms with Crippen molar-refractivity contribution in [3.63, 3.8) is 0 Å².